The molecule has 0 aromatic carbocycles. The zero-order chi connectivity index (χ0) is 10.2. The molecular formula is C12H19N. The van der Waals surface area contributed by atoms with Crippen molar-refractivity contribution in [3.63, 3.8) is 0 Å². The second kappa shape index (κ2) is 3.41. The number of hydrogen-bond donors (Lipinski definition) is 1. The van der Waals surface area contributed by atoms with E-state index in [-0.39, 0.29) is 0 Å². The first kappa shape index (κ1) is 10.1. The molecule has 0 saturated carbocycles. The van der Waals surface area contributed by atoms with E-state index in [1.807, 2.05) is 6.92 Å². The van der Waals surface area contributed by atoms with Crippen molar-refractivity contribution in [2.45, 2.75) is 33.7 Å². The van der Waals surface area contributed by atoms with Crippen LogP contribution >= 0.6 is 0 Å². The Kier molecular flexibility index (Phi) is 2.65. The van der Waals surface area contributed by atoms with Gasteiger partial charge in [-0.2, -0.15) is 0 Å². The summed E-state index contributed by atoms with van der Waals surface area (Å²) in [6, 6.07) is 0.462. The Balaban J connectivity index is 3.01. The van der Waals surface area contributed by atoms with Crippen LogP contribution in [0, 0.1) is 5.92 Å². The van der Waals surface area contributed by atoms with Crippen molar-refractivity contribution in [3.8, 4) is 0 Å². The molecule has 0 radical (unpaired) electrons. The number of nitrogens with one attached hydrogen (secondary N) is 1. The van der Waals surface area contributed by atoms with Gasteiger partial charge in [0.1, 0.15) is 0 Å². The zero-order valence-electron chi connectivity index (χ0n) is 9.07. The van der Waals surface area contributed by atoms with Crippen LogP contribution in [0.1, 0.15) is 27.7 Å². The maximum absolute atomic E-state index is 4.03. The third kappa shape index (κ3) is 1.69. The molecule has 1 heterocycles. The van der Waals surface area contributed by atoms with E-state index in [0.717, 1.165) is 5.57 Å². The second-order valence-electron chi connectivity index (χ2n) is 4.10. The van der Waals surface area contributed by atoms with Gasteiger partial charge in [0.25, 0.3) is 0 Å². The molecule has 1 heteroatoms. The molecule has 2 unspecified atom stereocenters. The highest BCUT2D eigenvalue weighted by Gasteiger charge is 2.29. The summed E-state index contributed by atoms with van der Waals surface area (Å²) in [5, 5.41) is 3.45. The lowest BCUT2D eigenvalue weighted by Crippen LogP contribution is -2.25. The molecule has 0 saturated heterocycles. The molecule has 0 aromatic rings. The van der Waals surface area contributed by atoms with Crippen LogP contribution in [0.5, 0.6) is 0 Å². The standard InChI is InChI=1S/C12H19N/c1-7(2)11-9(5)12(8(3)4)13-10(11)6/h10-11,13H,1,3H2,2,4-6H3. The Labute approximate surface area is 81.2 Å². The van der Waals surface area contributed by atoms with E-state index in [9.17, 15) is 0 Å². The van der Waals surface area contributed by atoms with Crippen LogP contribution in [0.3, 0.4) is 0 Å². The number of rotatable bonds is 2. The van der Waals surface area contributed by atoms with Crippen LogP contribution in [0.15, 0.2) is 35.6 Å². The Hall–Kier alpha value is -0.980. The lowest BCUT2D eigenvalue weighted by atomic mass is 9.90. The molecule has 72 valence electrons. The summed E-state index contributed by atoms with van der Waals surface area (Å²) in [5.74, 6) is 0.478. The van der Waals surface area contributed by atoms with Gasteiger partial charge in [-0.3, -0.25) is 0 Å². The number of hydrogen-bond acceptors (Lipinski definition) is 1. The van der Waals surface area contributed by atoms with Crippen molar-refractivity contribution in [2.24, 2.45) is 5.92 Å². The Bertz CT molecular complexity index is 283. The fourth-order valence-corrected chi connectivity index (χ4v) is 2.21. The van der Waals surface area contributed by atoms with Crippen LogP contribution in [-0.2, 0) is 0 Å². The molecule has 1 rings (SSSR count). The summed E-state index contributed by atoms with van der Waals surface area (Å²) in [7, 11) is 0. The molecule has 0 fully saturated rings. The van der Waals surface area contributed by atoms with Crippen molar-refractivity contribution in [1.82, 2.24) is 5.32 Å². The number of allylic oxidation sites excluding steroid dienone is 1. The highest BCUT2D eigenvalue weighted by atomic mass is 15.0. The van der Waals surface area contributed by atoms with Gasteiger partial charge in [-0.25, -0.2) is 0 Å². The van der Waals surface area contributed by atoms with Crippen LogP contribution in [-0.4, -0.2) is 6.04 Å². The molecule has 0 spiro atoms. The minimum absolute atomic E-state index is 0.462. The van der Waals surface area contributed by atoms with E-state index in [1.54, 1.807) is 0 Å². The molecule has 0 aliphatic carbocycles. The van der Waals surface area contributed by atoms with Gasteiger partial charge in [0.2, 0.25) is 0 Å². The van der Waals surface area contributed by atoms with Crippen LogP contribution in [0.2, 0.25) is 0 Å². The second-order valence-corrected chi connectivity index (χ2v) is 4.10. The average Bonchev–Trinajstić information content (AvgIpc) is 2.26. The average molecular weight is 177 g/mol. The van der Waals surface area contributed by atoms with Gasteiger partial charge in [0.05, 0.1) is 0 Å². The summed E-state index contributed by atoms with van der Waals surface area (Å²) >= 11 is 0. The SMILES string of the molecule is C=C(C)C1=C(C)C(C(=C)C)C(C)N1. The molecule has 0 aromatic heterocycles. The predicted octanol–water partition coefficient (Wildman–Crippen LogP) is 3.02. The lowest BCUT2D eigenvalue weighted by molar-refractivity contribution is 0.557. The van der Waals surface area contributed by atoms with Crippen molar-refractivity contribution in [2.75, 3.05) is 0 Å². The van der Waals surface area contributed by atoms with Crippen LogP contribution < -0.4 is 5.32 Å². The quantitative estimate of drug-likeness (QED) is 0.639. The molecule has 1 aliphatic heterocycles. The summed E-state index contributed by atoms with van der Waals surface area (Å²) < 4.78 is 0. The first-order valence-corrected chi connectivity index (χ1v) is 4.73. The molecule has 2 atom stereocenters. The highest BCUT2D eigenvalue weighted by Crippen LogP contribution is 2.32. The molecule has 0 bridgehead atoms. The van der Waals surface area contributed by atoms with E-state index in [0.29, 0.717) is 12.0 Å². The third-order valence-electron chi connectivity index (χ3n) is 2.69. The predicted molar refractivity (Wildman–Crippen MR) is 58.4 cm³/mol. The summed E-state index contributed by atoms with van der Waals surface area (Å²) in [4.78, 5) is 0. The third-order valence-corrected chi connectivity index (χ3v) is 2.69. The summed E-state index contributed by atoms with van der Waals surface area (Å²) in [5.41, 5.74) is 4.95. The van der Waals surface area contributed by atoms with Crippen molar-refractivity contribution < 1.29 is 0 Å². The fourth-order valence-electron chi connectivity index (χ4n) is 2.21. The molecule has 1 nitrogen and oxygen atoms in total. The van der Waals surface area contributed by atoms with Gasteiger partial charge in [0, 0.05) is 17.7 Å². The van der Waals surface area contributed by atoms with Gasteiger partial charge in [-0.15, -0.1) is 0 Å². The Morgan fingerprint density at radius 3 is 2.08 bits per heavy atom. The normalized spacial score (nSPS) is 27.4. The van der Waals surface area contributed by atoms with E-state index in [4.69, 9.17) is 0 Å². The van der Waals surface area contributed by atoms with Gasteiger partial charge < -0.3 is 5.32 Å². The zero-order valence-corrected chi connectivity index (χ0v) is 9.07. The maximum Gasteiger partial charge on any atom is 0.0362 e. The topological polar surface area (TPSA) is 12.0 Å². The summed E-state index contributed by atoms with van der Waals surface area (Å²) in [6.07, 6.45) is 0. The van der Waals surface area contributed by atoms with Crippen molar-refractivity contribution in [1.29, 1.82) is 0 Å². The van der Waals surface area contributed by atoms with Gasteiger partial charge in [-0.1, -0.05) is 18.7 Å². The molecule has 13 heavy (non-hydrogen) atoms. The van der Waals surface area contributed by atoms with Gasteiger partial charge in [-0.05, 0) is 38.8 Å². The molecule has 1 N–H and O–H groups in total. The largest absolute Gasteiger partial charge is 0.381 e. The van der Waals surface area contributed by atoms with E-state index < -0.39 is 0 Å². The Morgan fingerprint density at radius 2 is 1.85 bits per heavy atom. The van der Waals surface area contributed by atoms with Crippen LogP contribution in [0.25, 0.3) is 0 Å². The van der Waals surface area contributed by atoms with E-state index >= 15 is 0 Å². The minimum atomic E-state index is 0.462. The van der Waals surface area contributed by atoms with E-state index in [1.165, 1.54) is 16.8 Å². The highest BCUT2D eigenvalue weighted by molar-refractivity contribution is 5.39. The fraction of sp³-hybridized carbons (Fsp3) is 0.500. The van der Waals surface area contributed by atoms with Gasteiger partial charge >= 0.3 is 0 Å². The van der Waals surface area contributed by atoms with E-state index in [2.05, 4.69) is 39.2 Å². The van der Waals surface area contributed by atoms with Crippen molar-refractivity contribution >= 4 is 0 Å². The molecular weight excluding hydrogens is 158 g/mol. The first-order chi connectivity index (χ1) is 5.95. The monoisotopic (exact) mass is 177 g/mol. The molecule has 1 aliphatic rings. The van der Waals surface area contributed by atoms with Crippen LogP contribution in [0.4, 0.5) is 0 Å². The first-order valence-electron chi connectivity index (χ1n) is 4.73. The minimum Gasteiger partial charge on any atom is -0.381 e. The van der Waals surface area contributed by atoms with Gasteiger partial charge in [0.15, 0.2) is 0 Å². The smallest absolute Gasteiger partial charge is 0.0362 e. The van der Waals surface area contributed by atoms with Crippen molar-refractivity contribution in [3.05, 3.63) is 35.6 Å². The molecule has 0 amide bonds. The Morgan fingerprint density at radius 1 is 1.31 bits per heavy atom. The lowest BCUT2D eigenvalue weighted by Gasteiger charge is -2.17. The summed E-state index contributed by atoms with van der Waals surface area (Å²) in [6.45, 7) is 16.5. The maximum atomic E-state index is 4.03.